The van der Waals surface area contributed by atoms with Crippen molar-refractivity contribution >= 4 is 0 Å². The number of unbranched alkanes of at least 4 members (excludes halogenated alkanes) is 2. The summed E-state index contributed by atoms with van der Waals surface area (Å²) in [6, 6.07) is 12.1. The SMILES string of the molecule is CCCCCC1CCC(c2cccc(-c3ccc(C(F)(F)C(F)F)cc3)c2C2CCCCC2)CC1. The Bertz CT molecular complexity index is 919. The summed E-state index contributed by atoms with van der Waals surface area (Å²) in [4.78, 5) is 0. The van der Waals surface area contributed by atoms with Gasteiger partial charge in [-0.15, -0.1) is 0 Å². The molecule has 192 valence electrons. The monoisotopic (exact) mass is 488 g/mol. The van der Waals surface area contributed by atoms with Crippen LogP contribution in [0.1, 0.15) is 119 Å². The maximum absolute atomic E-state index is 13.9. The molecule has 0 unspecified atom stereocenters. The standard InChI is InChI=1S/C31H40F4/c1-2-3-5-9-22-14-16-23(17-15-22)27-12-8-13-28(29(27)25-10-6-4-7-11-25)24-18-20-26(21-19-24)31(34,35)30(32)33/h8,12-13,18-23,25,30H,2-7,9-11,14-17H2,1H3. The molecular formula is C31H40F4. The second-order valence-electron chi connectivity index (χ2n) is 10.9. The van der Waals surface area contributed by atoms with Gasteiger partial charge in [0.25, 0.3) is 0 Å². The van der Waals surface area contributed by atoms with E-state index < -0.39 is 17.9 Å². The topological polar surface area (TPSA) is 0 Å². The predicted molar refractivity (Wildman–Crippen MR) is 136 cm³/mol. The van der Waals surface area contributed by atoms with Crippen LogP contribution < -0.4 is 0 Å². The molecule has 0 saturated heterocycles. The number of hydrogen-bond acceptors (Lipinski definition) is 0. The molecule has 35 heavy (non-hydrogen) atoms. The van der Waals surface area contributed by atoms with Gasteiger partial charge in [-0.25, -0.2) is 8.78 Å². The minimum absolute atomic E-state index is 0.486. The molecule has 0 amide bonds. The highest BCUT2D eigenvalue weighted by molar-refractivity contribution is 5.70. The first-order chi connectivity index (χ1) is 16.9. The van der Waals surface area contributed by atoms with Crippen molar-refractivity contribution in [3.8, 4) is 11.1 Å². The highest BCUT2D eigenvalue weighted by atomic mass is 19.3. The molecule has 0 bridgehead atoms. The number of alkyl halides is 4. The van der Waals surface area contributed by atoms with E-state index in [4.69, 9.17) is 0 Å². The van der Waals surface area contributed by atoms with Crippen LogP contribution in [-0.4, -0.2) is 6.43 Å². The minimum Gasteiger partial charge on any atom is -0.203 e. The first kappa shape index (κ1) is 26.2. The lowest BCUT2D eigenvalue weighted by Gasteiger charge is -2.34. The molecule has 0 aromatic heterocycles. The molecule has 2 aromatic rings. The third-order valence-corrected chi connectivity index (χ3v) is 8.51. The molecule has 0 spiro atoms. The lowest BCUT2D eigenvalue weighted by molar-refractivity contribution is -0.135. The Balaban J connectivity index is 1.62. The summed E-state index contributed by atoms with van der Waals surface area (Å²) in [5.41, 5.74) is 4.19. The molecular weight excluding hydrogens is 448 g/mol. The zero-order valence-electron chi connectivity index (χ0n) is 21.1. The third kappa shape index (κ3) is 6.12. The predicted octanol–water partition coefficient (Wildman–Crippen LogP) is 10.6. The van der Waals surface area contributed by atoms with E-state index in [-0.39, 0.29) is 0 Å². The third-order valence-electron chi connectivity index (χ3n) is 8.51. The van der Waals surface area contributed by atoms with Gasteiger partial charge >= 0.3 is 12.3 Å². The lowest BCUT2D eigenvalue weighted by atomic mass is 9.71. The molecule has 2 aliphatic rings. The van der Waals surface area contributed by atoms with E-state index in [2.05, 4.69) is 25.1 Å². The summed E-state index contributed by atoms with van der Waals surface area (Å²) in [5, 5.41) is 0. The lowest BCUT2D eigenvalue weighted by Crippen LogP contribution is -2.23. The van der Waals surface area contributed by atoms with Crippen LogP contribution in [0, 0.1) is 5.92 Å². The van der Waals surface area contributed by atoms with Crippen LogP contribution in [-0.2, 0) is 5.92 Å². The summed E-state index contributed by atoms with van der Waals surface area (Å²) >= 11 is 0. The summed E-state index contributed by atoms with van der Waals surface area (Å²) < 4.78 is 53.4. The van der Waals surface area contributed by atoms with Crippen LogP contribution in [0.25, 0.3) is 11.1 Å². The molecule has 2 saturated carbocycles. The molecule has 4 rings (SSSR count). The van der Waals surface area contributed by atoms with E-state index in [1.807, 2.05) is 0 Å². The Labute approximate surface area is 208 Å². The van der Waals surface area contributed by atoms with Crippen molar-refractivity contribution in [2.75, 3.05) is 0 Å². The fourth-order valence-corrected chi connectivity index (χ4v) is 6.48. The molecule has 0 N–H and O–H groups in total. The van der Waals surface area contributed by atoms with E-state index in [1.165, 1.54) is 93.9 Å². The summed E-state index contributed by atoms with van der Waals surface area (Å²) in [7, 11) is 0. The van der Waals surface area contributed by atoms with Crippen molar-refractivity contribution in [1.82, 2.24) is 0 Å². The van der Waals surface area contributed by atoms with Gasteiger partial charge in [-0.1, -0.05) is 94.3 Å². The van der Waals surface area contributed by atoms with E-state index in [1.54, 1.807) is 12.1 Å². The Kier molecular flexibility index (Phi) is 8.94. The number of benzene rings is 2. The molecule has 2 fully saturated rings. The molecule has 0 heterocycles. The van der Waals surface area contributed by atoms with Crippen LogP contribution in [0.15, 0.2) is 42.5 Å². The molecule has 0 nitrogen and oxygen atoms in total. The molecule has 0 atom stereocenters. The minimum atomic E-state index is -4.12. The maximum atomic E-state index is 13.9. The fourth-order valence-electron chi connectivity index (χ4n) is 6.48. The van der Waals surface area contributed by atoms with Crippen LogP contribution in [0.3, 0.4) is 0 Å². The molecule has 0 aliphatic heterocycles. The molecule has 4 heteroatoms. The van der Waals surface area contributed by atoms with Crippen LogP contribution in [0.4, 0.5) is 17.6 Å². The number of halogens is 4. The van der Waals surface area contributed by atoms with Crippen LogP contribution in [0.2, 0.25) is 0 Å². The molecule has 2 aliphatic carbocycles. The first-order valence-corrected chi connectivity index (χ1v) is 13.8. The van der Waals surface area contributed by atoms with Gasteiger partial charge in [-0.3, -0.25) is 0 Å². The average Bonchev–Trinajstić information content (AvgIpc) is 2.89. The van der Waals surface area contributed by atoms with E-state index in [0.29, 0.717) is 11.8 Å². The largest absolute Gasteiger partial charge is 0.332 e. The smallest absolute Gasteiger partial charge is 0.203 e. The second kappa shape index (κ2) is 11.9. The van der Waals surface area contributed by atoms with Gasteiger partial charge in [0.1, 0.15) is 0 Å². The van der Waals surface area contributed by atoms with Gasteiger partial charge in [0.15, 0.2) is 0 Å². The Morgan fingerprint density at radius 1 is 0.800 bits per heavy atom. The van der Waals surface area contributed by atoms with Crippen molar-refractivity contribution in [2.45, 2.75) is 115 Å². The van der Waals surface area contributed by atoms with Gasteiger partial charge in [-0.2, -0.15) is 8.78 Å². The first-order valence-electron chi connectivity index (χ1n) is 13.8. The number of rotatable bonds is 9. The van der Waals surface area contributed by atoms with Gasteiger partial charge in [0.05, 0.1) is 0 Å². The van der Waals surface area contributed by atoms with Crippen molar-refractivity contribution in [2.24, 2.45) is 5.92 Å². The molecule has 2 aromatic carbocycles. The summed E-state index contributed by atoms with van der Waals surface area (Å²) in [5.74, 6) is -2.23. The van der Waals surface area contributed by atoms with Crippen molar-refractivity contribution in [1.29, 1.82) is 0 Å². The highest BCUT2D eigenvalue weighted by Gasteiger charge is 2.42. The summed E-state index contributed by atoms with van der Waals surface area (Å²) in [6.07, 6.45) is 12.7. The van der Waals surface area contributed by atoms with Crippen LogP contribution in [0.5, 0.6) is 0 Å². The van der Waals surface area contributed by atoms with E-state index in [0.717, 1.165) is 29.9 Å². The normalized spacial score (nSPS) is 22.0. The second-order valence-corrected chi connectivity index (χ2v) is 10.9. The van der Waals surface area contributed by atoms with E-state index in [9.17, 15) is 17.6 Å². The number of hydrogen-bond donors (Lipinski definition) is 0. The highest BCUT2D eigenvalue weighted by Crippen LogP contribution is 2.46. The van der Waals surface area contributed by atoms with Gasteiger partial charge < -0.3 is 0 Å². The summed E-state index contributed by atoms with van der Waals surface area (Å²) in [6.45, 7) is 2.26. The van der Waals surface area contributed by atoms with Crippen molar-refractivity contribution in [3.05, 3.63) is 59.2 Å². The van der Waals surface area contributed by atoms with E-state index >= 15 is 0 Å². The van der Waals surface area contributed by atoms with Gasteiger partial charge in [0.2, 0.25) is 0 Å². The Hall–Kier alpha value is -1.84. The van der Waals surface area contributed by atoms with Crippen molar-refractivity contribution < 1.29 is 17.6 Å². The maximum Gasteiger partial charge on any atom is 0.332 e. The Morgan fingerprint density at radius 2 is 1.49 bits per heavy atom. The van der Waals surface area contributed by atoms with Gasteiger partial charge in [-0.05, 0) is 78.5 Å². The zero-order valence-corrected chi connectivity index (χ0v) is 21.1. The van der Waals surface area contributed by atoms with Crippen molar-refractivity contribution in [3.63, 3.8) is 0 Å². The van der Waals surface area contributed by atoms with Gasteiger partial charge in [0, 0.05) is 5.56 Å². The fraction of sp³-hybridized carbons (Fsp3) is 0.613. The molecule has 0 radical (unpaired) electrons. The Morgan fingerprint density at radius 3 is 2.11 bits per heavy atom. The zero-order chi connectivity index (χ0) is 24.8. The quantitative estimate of drug-likeness (QED) is 0.243. The average molecular weight is 489 g/mol. The van der Waals surface area contributed by atoms with Crippen LogP contribution >= 0.6 is 0 Å².